The molecule has 0 spiro atoms. The van der Waals surface area contributed by atoms with Crippen LogP contribution in [-0.4, -0.2) is 11.5 Å². The molecule has 0 amide bonds. The average molecular weight is 235 g/mol. The highest BCUT2D eigenvalue weighted by Crippen LogP contribution is 2.19. The maximum atomic E-state index is 6.07. The maximum absolute atomic E-state index is 6.07. The Labute approximate surface area is 105 Å². The van der Waals surface area contributed by atoms with Crippen molar-refractivity contribution in [3.05, 3.63) is 22.9 Å². The van der Waals surface area contributed by atoms with Gasteiger partial charge in [0, 0.05) is 17.8 Å². The Kier molecular flexibility index (Phi) is 5.98. The third-order valence-electron chi connectivity index (χ3n) is 2.88. The molecule has 3 nitrogen and oxygen atoms in total. The number of hydrogen-bond acceptors (Lipinski definition) is 3. The van der Waals surface area contributed by atoms with E-state index in [0.717, 1.165) is 44.5 Å². The van der Waals surface area contributed by atoms with Crippen molar-refractivity contribution >= 4 is 5.82 Å². The lowest BCUT2D eigenvalue weighted by atomic mass is 10.0. The second-order valence-electron chi connectivity index (χ2n) is 4.42. The number of nitrogens with two attached hydrogens (primary N) is 1. The summed E-state index contributed by atoms with van der Waals surface area (Å²) in [7, 11) is 0. The van der Waals surface area contributed by atoms with Crippen LogP contribution < -0.4 is 11.1 Å². The van der Waals surface area contributed by atoms with Gasteiger partial charge in [-0.25, -0.2) is 4.98 Å². The number of nitrogens with zero attached hydrogens (tertiary/aromatic N) is 1. The fraction of sp³-hybridized carbons (Fsp3) is 0.643. The van der Waals surface area contributed by atoms with Gasteiger partial charge >= 0.3 is 0 Å². The molecule has 96 valence electrons. The number of nitrogens with one attached hydrogen (secondary N) is 1. The third-order valence-corrected chi connectivity index (χ3v) is 2.88. The highest BCUT2D eigenvalue weighted by Gasteiger charge is 2.09. The van der Waals surface area contributed by atoms with Crippen LogP contribution in [0.1, 0.15) is 50.4 Å². The summed E-state index contributed by atoms with van der Waals surface area (Å²) in [5.41, 5.74) is 9.76. The molecule has 17 heavy (non-hydrogen) atoms. The molecule has 0 bridgehead atoms. The molecular formula is C14H25N3. The molecule has 0 atom stereocenters. The predicted molar refractivity (Wildman–Crippen MR) is 74.0 cm³/mol. The van der Waals surface area contributed by atoms with Crippen LogP contribution in [0.2, 0.25) is 0 Å². The molecule has 1 rings (SSSR count). The van der Waals surface area contributed by atoms with E-state index in [0.29, 0.717) is 5.82 Å². The van der Waals surface area contributed by atoms with Crippen LogP contribution in [0.3, 0.4) is 0 Å². The molecule has 3 N–H and O–H groups in total. The van der Waals surface area contributed by atoms with Gasteiger partial charge in [-0.1, -0.05) is 33.6 Å². The Morgan fingerprint density at radius 1 is 1.18 bits per heavy atom. The molecule has 0 aliphatic rings. The molecule has 0 radical (unpaired) electrons. The first-order chi connectivity index (χ1) is 8.22. The van der Waals surface area contributed by atoms with E-state index in [1.54, 1.807) is 0 Å². The van der Waals surface area contributed by atoms with Gasteiger partial charge in [-0.05, 0) is 31.0 Å². The molecule has 1 aromatic rings. The molecule has 1 heterocycles. The van der Waals surface area contributed by atoms with E-state index >= 15 is 0 Å². The van der Waals surface area contributed by atoms with E-state index in [-0.39, 0.29) is 0 Å². The topological polar surface area (TPSA) is 50.9 Å². The first-order valence-electron chi connectivity index (χ1n) is 6.70. The fourth-order valence-electron chi connectivity index (χ4n) is 2.04. The van der Waals surface area contributed by atoms with E-state index in [9.17, 15) is 0 Å². The summed E-state index contributed by atoms with van der Waals surface area (Å²) in [4.78, 5) is 4.50. The lowest BCUT2D eigenvalue weighted by Gasteiger charge is -2.13. The van der Waals surface area contributed by atoms with Crippen molar-refractivity contribution in [2.24, 2.45) is 0 Å². The van der Waals surface area contributed by atoms with Gasteiger partial charge in [-0.3, -0.25) is 0 Å². The Balaban J connectivity index is 2.99. The fourth-order valence-corrected chi connectivity index (χ4v) is 2.04. The summed E-state index contributed by atoms with van der Waals surface area (Å²) in [6, 6.07) is 2.23. The second kappa shape index (κ2) is 7.28. The van der Waals surface area contributed by atoms with Crippen LogP contribution in [-0.2, 0) is 19.4 Å². The van der Waals surface area contributed by atoms with Crippen LogP contribution in [0.25, 0.3) is 0 Å². The summed E-state index contributed by atoms with van der Waals surface area (Å²) < 4.78 is 0. The zero-order valence-electron chi connectivity index (χ0n) is 11.3. The molecule has 0 aromatic carbocycles. The highest BCUT2D eigenvalue weighted by atomic mass is 14.9. The Morgan fingerprint density at radius 2 is 1.88 bits per heavy atom. The number of pyridine rings is 1. The lowest BCUT2D eigenvalue weighted by Crippen LogP contribution is -2.16. The van der Waals surface area contributed by atoms with Crippen molar-refractivity contribution in [2.75, 3.05) is 12.3 Å². The molecule has 0 aliphatic carbocycles. The smallest absolute Gasteiger partial charge is 0.128 e. The number of nitrogen functional groups attached to an aromatic ring is 1. The zero-order valence-corrected chi connectivity index (χ0v) is 11.3. The predicted octanol–water partition coefficient (Wildman–Crippen LogP) is 2.68. The Hall–Kier alpha value is -1.09. The number of aromatic nitrogens is 1. The largest absolute Gasteiger partial charge is 0.383 e. The minimum Gasteiger partial charge on any atom is -0.383 e. The van der Waals surface area contributed by atoms with Gasteiger partial charge < -0.3 is 11.1 Å². The number of hydrogen-bond donors (Lipinski definition) is 2. The molecular weight excluding hydrogens is 210 g/mol. The van der Waals surface area contributed by atoms with Crippen molar-refractivity contribution in [1.82, 2.24) is 10.3 Å². The van der Waals surface area contributed by atoms with Crippen LogP contribution in [0.4, 0.5) is 5.82 Å². The summed E-state index contributed by atoms with van der Waals surface area (Å²) in [5.74, 6) is 0.709. The van der Waals surface area contributed by atoms with Gasteiger partial charge in [0.2, 0.25) is 0 Å². The lowest BCUT2D eigenvalue weighted by molar-refractivity contribution is 0.714. The molecule has 1 aromatic heterocycles. The maximum Gasteiger partial charge on any atom is 0.128 e. The van der Waals surface area contributed by atoms with Gasteiger partial charge in [0.1, 0.15) is 5.82 Å². The van der Waals surface area contributed by atoms with Crippen LogP contribution in [0.15, 0.2) is 6.07 Å². The number of aryl methyl sites for hydroxylation is 2. The standard InChI is InChI=1S/C14H25N3/c1-4-7-11-9-12(8-5-2)17-14(15)13(11)10-16-6-3/h9,16H,4-8,10H2,1-3H3,(H2,15,17). The van der Waals surface area contributed by atoms with E-state index in [1.165, 1.54) is 11.1 Å². The first-order valence-corrected chi connectivity index (χ1v) is 6.70. The van der Waals surface area contributed by atoms with E-state index in [2.05, 4.69) is 37.1 Å². The van der Waals surface area contributed by atoms with Gasteiger partial charge in [0.05, 0.1) is 0 Å². The van der Waals surface area contributed by atoms with Crippen molar-refractivity contribution in [3.63, 3.8) is 0 Å². The first kappa shape index (κ1) is 14.0. The minimum absolute atomic E-state index is 0.709. The van der Waals surface area contributed by atoms with Gasteiger partial charge in [0.25, 0.3) is 0 Å². The zero-order chi connectivity index (χ0) is 12.7. The van der Waals surface area contributed by atoms with Crippen molar-refractivity contribution in [1.29, 1.82) is 0 Å². The van der Waals surface area contributed by atoms with E-state index < -0.39 is 0 Å². The average Bonchev–Trinajstić information content (AvgIpc) is 2.29. The van der Waals surface area contributed by atoms with Crippen molar-refractivity contribution in [2.45, 2.75) is 53.0 Å². The molecule has 0 saturated heterocycles. The van der Waals surface area contributed by atoms with Gasteiger partial charge in [-0.2, -0.15) is 0 Å². The SMILES string of the molecule is CCCc1cc(CCC)c(CNCC)c(N)n1. The Morgan fingerprint density at radius 3 is 2.47 bits per heavy atom. The molecule has 0 saturated carbocycles. The number of rotatable bonds is 7. The molecule has 0 unspecified atom stereocenters. The minimum atomic E-state index is 0.709. The van der Waals surface area contributed by atoms with E-state index in [1.807, 2.05) is 0 Å². The third kappa shape index (κ3) is 4.00. The van der Waals surface area contributed by atoms with Crippen LogP contribution in [0.5, 0.6) is 0 Å². The highest BCUT2D eigenvalue weighted by molar-refractivity contribution is 5.46. The molecule has 3 heteroatoms. The summed E-state index contributed by atoms with van der Waals surface area (Å²) in [5, 5.41) is 3.34. The monoisotopic (exact) mass is 235 g/mol. The van der Waals surface area contributed by atoms with Crippen molar-refractivity contribution in [3.8, 4) is 0 Å². The molecule has 0 fully saturated rings. The normalized spacial score (nSPS) is 10.8. The summed E-state index contributed by atoms with van der Waals surface area (Å²) in [6.45, 7) is 8.27. The second-order valence-corrected chi connectivity index (χ2v) is 4.42. The quantitative estimate of drug-likeness (QED) is 0.764. The summed E-state index contributed by atoms with van der Waals surface area (Å²) in [6.07, 6.45) is 4.37. The van der Waals surface area contributed by atoms with Crippen molar-refractivity contribution < 1.29 is 0 Å². The Bertz CT molecular complexity index is 348. The molecule has 0 aliphatic heterocycles. The van der Waals surface area contributed by atoms with Crippen LogP contribution in [0, 0.1) is 0 Å². The van der Waals surface area contributed by atoms with Crippen LogP contribution >= 0.6 is 0 Å². The number of anilines is 1. The van der Waals surface area contributed by atoms with Gasteiger partial charge in [-0.15, -0.1) is 0 Å². The van der Waals surface area contributed by atoms with Gasteiger partial charge in [0.15, 0.2) is 0 Å². The van der Waals surface area contributed by atoms with E-state index in [4.69, 9.17) is 5.73 Å². The summed E-state index contributed by atoms with van der Waals surface area (Å²) >= 11 is 0.